The first-order valence-electron chi connectivity index (χ1n) is 5.49. The van der Waals surface area contributed by atoms with Crippen molar-refractivity contribution >= 4 is 17.1 Å². The van der Waals surface area contributed by atoms with Crippen LogP contribution in [0.5, 0.6) is 5.75 Å². The number of hydrogen-bond donors (Lipinski definition) is 3. The van der Waals surface area contributed by atoms with Crippen LogP contribution in [0.4, 0.5) is 17.1 Å². The summed E-state index contributed by atoms with van der Waals surface area (Å²) in [6, 6.07) is 11.4. The minimum Gasteiger partial charge on any atom is -0.507 e. The molecule has 0 aliphatic carbocycles. The van der Waals surface area contributed by atoms with Crippen LogP contribution < -0.4 is 11.1 Å². The Bertz CT molecular complexity index is 509. The Morgan fingerprint density at radius 2 is 1.47 bits per heavy atom. The average Bonchev–Trinajstić information content (AvgIpc) is 2.29. The highest BCUT2D eigenvalue weighted by atomic mass is 16.3. The van der Waals surface area contributed by atoms with Gasteiger partial charge in [-0.1, -0.05) is 0 Å². The van der Waals surface area contributed by atoms with Crippen LogP contribution in [0.2, 0.25) is 0 Å². The van der Waals surface area contributed by atoms with Gasteiger partial charge in [-0.15, -0.1) is 0 Å². The molecule has 0 bridgehead atoms. The largest absolute Gasteiger partial charge is 0.507 e. The summed E-state index contributed by atoms with van der Waals surface area (Å²) in [4.78, 5) is 0. The number of nitrogens with one attached hydrogen (secondary N) is 1. The monoisotopic (exact) mass is 228 g/mol. The fraction of sp³-hybridized carbons (Fsp3) is 0.143. The van der Waals surface area contributed by atoms with E-state index in [-0.39, 0.29) is 0 Å². The predicted molar refractivity (Wildman–Crippen MR) is 71.7 cm³/mol. The van der Waals surface area contributed by atoms with Crippen LogP contribution in [0.15, 0.2) is 36.4 Å². The number of aromatic hydroxyl groups is 1. The molecule has 17 heavy (non-hydrogen) atoms. The van der Waals surface area contributed by atoms with Gasteiger partial charge in [0.1, 0.15) is 5.75 Å². The first-order valence-corrected chi connectivity index (χ1v) is 5.49. The van der Waals surface area contributed by atoms with Crippen LogP contribution in [0, 0.1) is 13.8 Å². The first kappa shape index (κ1) is 11.3. The lowest BCUT2D eigenvalue weighted by atomic mass is 10.1. The van der Waals surface area contributed by atoms with Gasteiger partial charge in [-0.3, -0.25) is 0 Å². The molecule has 0 fully saturated rings. The van der Waals surface area contributed by atoms with Gasteiger partial charge in [-0.2, -0.15) is 0 Å². The van der Waals surface area contributed by atoms with Crippen molar-refractivity contribution in [2.45, 2.75) is 13.8 Å². The number of rotatable bonds is 2. The molecule has 0 heterocycles. The van der Waals surface area contributed by atoms with Crippen LogP contribution in [0.3, 0.4) is 0 Å². The molecule has 0 amide bonds. The van der Waals surface area contributed by atoms with Gasteiger partial charge < -0.3 is 16.2 Å². The van der Waals surface area contributed by atoms with E-state index >= 15 is 0 Å². The van der Waals surface area contributed by atoms with E-state index in [1.54, 1.807) is 0 Å². The minimum absolute atomic E-state index is 0.354. The Morgan fingerprint density at radius 3 is 2.00 bits per heavy atom. The molecule has 0 atom stereocenters. The molecule has 88 valence electrons. The highest BCUT2D eigenvalue weighted by molar-refractivity contribution is 5.64. The van der Waals surface area contributed by atoms with Crippen LogP contribution in [0.25, 0.3) is 0 Å². The van der Waals surface area contributed by atoms with E-state index in [2.05, 4.69) is 5.32 Å². The third-order valence-corrected chi connectivity index (χ3v) is 2.69. The molecule has 0 aliphatic heterocycles. The number of anilines is 3. The van der Waals surface area contributed by atoms with E-state index in [0.29, 0.717) is 5.75 Å². The Hall–Kier alpha value is -2.16. The Morgan fingerprint density at radius 1 is 0.941 bits per heavy atom. The Labute approximate surface area is 101 Å². The van der Waals surface area contributed by atoms with E-state index in [9.17, 15) is 5.11 Å². The molecular weight excluding hydrogens is 212 g/mol. The zero-order chi connectivity index (χ0) is 12.4. The maximum atomic E-state index is 9.69. The van der Waals surface area contributed by atoms with Crippen LogP contribution in [0.1, 0.15) is 11.1 Å². The van der Waals surface area contributed by atoms with Crippen molar-refractivity contribution in [3.8, 4) is 5.75 Å². The topological polar surface area (TPSA) is 58.3 Å². The molecule has 2 aromatic rings. The number of hydrogen-bond acceptors (Lipinski definition) is 3. The van der Waals surface area contributed by atoms with Crippen molar-refractivity contribution < 1.29 is 5.11 Å². The maximum absolute atomic E-state index is 9.69. The summed E-state index contributed by atoms with van der Waals surface area (Å²) >= 11 is 0. The lowest BCUT2D eigenvalue weighted by Crippen LogP contribution is -1.93. The molecular formula is C14H16N2O. The lowest BCUT2D eigenvalue weighted by molar-refractivity contribution is 0.467. The summed E-state index contributed by atoms with van der Waals surface area (Å²) in [7, 11) is 0. The Balaban J connectivity index is 2.27. The zero-order valence-electron chi connectivity index (χ0n) is 9.99. The van der Waals surface area contributed by atoms with Gasteiger partial charge in [0.05, 0.1) is 0 Å². The third kappa shape index (κ3) is 2.50. The van der Waals surface area contributed by atoms with E-state index in [1.165, 1.54) is 0 Å². The number of nitrogen functional groups attached to an aromatic ring is 1. The molecule has 0 unspecified atom stereocenters. The van der Waals surface area contributed by atoms with Crippen molar-refractivity contribution in [1.29, 1.82) is 0 Å². The number of phenolic OH excluding ortho intramolecular Hbond substituents is 1. The third-order valence-electron chi connectivity index (χ3n) is 2.69. The molecule has 0 radical (unpaired) electrons. The van der Waals surface area contributed by atoms with E-state index in [1.807, 2.05) is 50.2 Å². The van der Waals surface area contributed by atoms with Crippen molar-refractivity contribution in [1.82, 2.24) is 0 Å². The standard InChI is InChI=1S/C14H16N2O/c1-9-7-13(8-10(2)14(9)17)16-12-5-3-11(15)4-6-12/h3-8,16-17H,15H2,1-2H3. The molecule has 2 aromatic carbocycles. The Kier molecular flexibility index (Phi) is 2.91. The molecule has 0 saturated carbocycles. The van der Waals surface area contributed by atoms with Gasteiger partial charge in [0.15, 0.2) is 0 Å². The molecule has 3 heteroatoms. The molecule has 0 spiro atoms. The smallest absolute Gasteiger partial charge is 0.121 e. The average molecular weight is 228 g/mol. The van der Waals surface area contributed by atoms with Gasteiger partial charge in [-0.05, 0) is 61.4 Å². The van der Waals surface area contributed by atoms with Gasteiger partial charge in [0.2, 0.25) is 0 Å². The normalized spacial score (nSPS) is 10.2. The number of nitrogens with two attached hydrogens (primary N) is 1. The lowest BCUT2D eigenvalue weighted by Gasteiger charge is -2.10. The van der Waals surface area contributed by atoms with Gasteiger partial charge in [0, 0.05) is 17.1 Å². The molecule has 0 aliphatic rings. The second kappa shape index (κ2) is 4.37. The van der Waals surface area contributed by atoms with E-state index in [4.69, 9.17) is 5.73 Å². The highest BCUT2D eigenvalue weighted by Crippen LogP contribution is 2.27. The van der Waals surface area contributed by atoms with Gasteiger partial charge in [-0.25, -0.2) is 0 Å². The number of benzene rings is 2. The van der Waals surface area contributed by atoms with Crippen molar-refractivity contribution in [3.63, 3.8) is 0 Å². The molecule has 2 rings (SSSR count). The molecule has 4 N–H and O–H groups in total. The fourth-order valence-corrected chi connectivity index (χ4v) is 1.76. The minimum atomic E-state index is 0.354. The van der Waals surface area contributed by atoms with Crippen LogP contribution >= 0.6 is 0 Å². The van der Waals surface area contributed by atoms with Crippen molar-refractivity contribution in [2.24, 2.45) is 0 Å². The van der Waals surface area contributed by atoms with Crippen molar-refractivity contribution in [3.05, 3.63) is 47.5 Å². The quantitative estimate of drug-likeness (QED) is 0.546. The van der Waals surface area contributed by atoms with Gasteiger partial charge in [0.25, 0.3) is 0 Å². The SMILES string of the molecule is Cc1cc(Nc2ccc(N)cc2)cc(C)c1O. The predicted octanol–water partition coefficient (Wildman–Crippen LogP) is 3.33. The fourth-order valence-electron chi connectivity index (χ4n) is 1.76. The van der Waals surface area contributed by atoms with Gasteiger partial charge >= 0.3 is 0 Å². The maximum Gasteiger partial charge on any atom is 0.121 e. The van der Waals surface area contributed by atoms with E-state index < -0.39 is 0 Å². The zero-order valence-corrected chi connectivity index (χ0v) is 9.99. The summed E-state index contributed by atoms with van der Waals surface area (Å²) in [5, 5.41) is 13.0. The summed E-state index contributed by atoms with van der Waals surface area (Å²) < 4.78 is 0. The summed E-state index contributed by atoms with van der Waals surface area (Å²) in [6.45, 7) is 3.77. The molecule has 0 aromatic heterocycles. The van der Waals surface area contributed by atoms with Crippen LogP contribution in [-0.4, -0.2) is 5.11 Å². The van der Waals surface area contributed by atoms with Crippen LogP contribution in [-0.2, 0) is 0 Å². The first-order chi connectivity index (χ1) is 8.06. The second-order valence-electron chi connectivity index (χ2n) is 4.21. The summed E-state index contributed by atoms with van der Waals surface area (Å²) in [6.07, 6.45) is 0. The highest BCUT2D eigenvalue weighted by Gasteiger charge is 2.03. The molecule has 3 nitrogen and oxygen atoms in total. The molecule has 0 saturated heterocycles. The summed E-state index contributed by atoms with van der Waals surface area (Å²) in [5.41, 5.74) is 10.0. The number of aryl methyl sites for hydroxylation is 2. The summed E-state index contributed by atoms with van der Waals surface area (Å²) in [5.74, 6) is 0.354. The number of phenols is 1. The van der Waals surface area contributed by atoms with E-state index in [0.717, 1.165) is 28.2 Å². The van der Waals surface area contributed by atoms with Crippen molar-refractivity contribution in [2.75, 3.05) is 11.1 Å². The second-order valence-corrected chi connectivity index (χ2v) is 4.21.